The molecule has 0 spiro atoms. The molecule has 0 N–H and O–H groups in total. The number of rotatable bonds is 5. The molecule has 3 aromatic rings. The second kappa shape index (κ2) is 8.85. The normalized spacial score (nSPS) is 15.0. The zero-order chi connectivity index (χ0) is 22.9. The number of nitrogens with zero attached hydrogens (tertiary/aromatic N) is 4. The molecule has 2 heterocycles. The maximum atomic E-state index is 13.0. The van der Waals surface area contributed by atoms with E-state index in [1.807, 2.05) is 11.0 Å². The highest BCUT2D eigenvalue weighted by atomic mass is 35.5. The molecule has 4 rings (SSSR count). The Hall–Kier alpha value is -3.01. The highest BCUT2D eigenvalue weighted by molar-refractivity contribution is 7.89. The van der Waals surface area contributed by atoms with Gasteiger partial charge in [-0.05, 0) is 31.2 Å². The average molecular weight is 473 g/mol. The summed E-state index contributed by atoms with van der Waals surface area (Å²) in [6.07, 6.45) is 1.53. The number of hydrogen-bond donors (Lipinski definition) is 0. The van der Waals surface area contributed by atoms with Gasteiger partial charge in [-0.15, -0.1) is 0 Å². The Kier molecular flexibility index (Phi) is 6.14. The van der Waals surface area contributed by atoms with Gasteiger partial charge in [-0.3, -0.25) is 9.59 Å². The fourth-order valence-electron chi connectivity index (χ4n) is 3.59. The lowest BCUT2D eigenvalue weighted by molar-refractivity contribution is 0.101. The molecule has 1 aliphatic heterocycles. The molecular formula is C22H21ClN4O4S. The molecule has 1 fully saturated rings. The van der Waals surface area contributed by atoms with Crippen LogP contribution in [0, 0.1) is 0 Å². The third-order valence-electron chi connectivity index (χ3n) is 5.36. The van der Waals surface area contributed by atoms with Crippen LogP contribution in [0.2, 0.25) is 5.02 Å². The first kappa shape index (κ1) is 22.2. The van der Waals surface area contributed by atoms with Gasteiger partial charge in [0.25, 0.3) is 5.56 Å². The first-order chi connectivity index (χ1) is 15.3. The number of para-hydroxylation sites is 1. The Labute approximate surface area is 190 Å². The first-order valence-electron chi connectivity index (χ1n) is 9.98. The quantitative estimate of drug-likeness (QED) is 0.530. The van der Waals surface area contributed by atoms with Gasteiger partial charge < -0.3 is 4.90 Å². The highest BCUT2D eigenvalue weighted by Crippen LogP contribution is 2.25. The van der Waals surface area contributed by atoms with Crippen LogP contribution >= 0.6 is 11.6 Å². The van der Waals surface area contributed by atoms with Gasteiger partial charge in [0.1, 0.15) is 5.02 Å². The van der Waals surface area contributed by atoms with E-state index < -0.39 is 15.6 Å². The topological polar surface area (TPSA) is 92.6 Å². The number of anilines is 1. The number of halogens is 1. The Balaban J connectivity index is 1.53. The van der Waals surface area contributed by atoms with Gasteiger partial charge in [-0.25, -0.2) is 8.42 Å². The van der Waals surface area contributed by atoms with Crippen molar-refractivity contribution in [1.82, 2.24) is 14.1 Å². The van der Waals surface area contributed by atoms with Crippen molar-refractivity contribution >= 4 is 33.1 Å². The number of ketones is 1. The minimum Gasteiger partial charge on any atom is -0.366 e. The molecule has 8 nitrogen and oxygen atoms in total. The first-order valence-corrected chi connectivity index (χ1v) is 11.8. The molecule has 0 atom stereocenters. The molecule has 1 aromatic heterocycles. The fraction of sp³-hybridized carbons (Fsp3) is 0.227. The van der Waals surface area contributed by atoms with Crippen molar-refractivity contribution in [3.05, 3.63) is 81.7 Å². The number of benzene rings is 2. The highest BCUT2D eigenvalue weighted by Gasteiger charge is 2.30. The van der Waals surface area contributed by atoms with E-state index in [0.717, 1.165) is 0 Å². The molecule has 1 saturated heterocycles. The molecule has 0 amide bonds. The van der Waals surface area contributed by atoms with Crippen LogP contribution in [0.5, 0.6) is 0 Å². The molecule has 0 radical (unpaired) electrons. The van der Waals surface area contributed by atoms with Crippen LogP contribution in [0.3, 0.4) is 0 Å². The Morgan fingerprint density at radius 1 is 1.00 bits per heavy atom. The average Bonchev–Trinajstić information content (AvgIpc) is 2.81. The minimum absolute atomic E-state index is 0.0364. The monoisotopic (exact) mass is 472 g/mol. The summed E-state index contributed by atoms with van der Waals surface area (Å²) in [6, 6.07) is 15.0. The predicted molar refractivity (Wildman–Crippen MR) is 122 cm³/mol. The van der Waals surface area contributed by atoms with Crippen molar-refractivity contribution in [2.75, 3.05) is 31.1 Å². The van der Waals surface area contributed by atoms with Crippen molar-refractivity contribution in [3.8, 4) is 5.69 Å². The number of carbonyl (C=O) groups is 1. The standard InChI is InChI=1S/C22H21ClN4O4S/c1-16(28)17-6-5-9-19(14-17)32(30,31)26-12-10-25(11-13-26)20-15-24-27(22(29)21(20)23)18-7-3-2-4-8-18/h2-9,14-15H,10-13H2,1H3. The zero-order valence-corrected chi connectivity index (χ0v) is 18.9. The summed E-state index contributed by atoms with van der Waals surface area (Å²) in [6.45, 7) is 2.52. The summed E-state index contributed by atoms with van der Waals surface area (Å²) in [5.41, 5.74) is 0.988. The van der Waals surface area contributed by atoms with Crippen molar-refractivity contribution in [2.24, 2.45) is 0 Å². The van der Waals surface area contributed by atoms with E-state index in [0.29, 0.717) is 30.0 Å². The van der Waals surface area contributed by atoms with Crippen LogP contribution in [0.25, 0.3) is 5.69 Å². The number of carbonyl (C=O) groups excluding carboxylic acids is 1. The van der Waals surface area contributed by atoms with E-state index in [9.17, 15) is 18.0 Å². The molecule has 1 aliphatic rings. The Bertz CT molecular complexity index is 1320. The van der Waals surface area contributed by atoms with Crippen LogP contribution in [0.1, 0.15) is 17.3 Å². The third kappa shape index (κ3) is 4.19. The van der Waals surface area contributed by atoms with Crippen molar-refractivity contribution in [1.29, 1.82) is 0 Å². The lowest BCUT2D eigenvalue weighted by atomic mass is 10.2. The molecular weight excluding hydrogens is 452 g/mol. The fourth-order valence-corrected chi connectivity index (χ4v) is 5.31. The number of sulfonamides is 1. The number of piperazine rings is 1. The maximum absolute atomic E-state index is 13.0. The van der Waals surface area contributed by atoms with Gasteiger partial charge in [0.05, 0.1) is 22.5 Å². The molecule has 0 unspecified atom stereocenters. The summed E-state index contributed by atoms with van der Waals surface area (Å²) in [5, 5.41) is 4.28. The van der Waals surface area contributed by atoms with Gasteiger partial charge in [0.15, 0.2) is 5.78 Å². The van der Waals surface area contributed by atoms with E-state index in [2.05, 4.69) is 5.10 Å². The predicted octanol–water partition coefficient (Wildman–Crippen LogP) is 2.60. The van der Waals surface area contributed by atoms with E-state index in [-0.39, 0.29) is 28.8 Å². The second-order valence-corrected chi connectivity index (χ2v) is 9.69. The maximum Gasteiger partial charge on any atom is 0.292 e. The van der Waals surface area contributed by atoms with Crippen LogP contribution in [0.4, 0.5) is 5.69 Å². The summed E-state index contributed by atoms with van der Waals surface area (Å²) >= 11 is 6.37. The second-order valence-electron chi connectivity index (χ2n) is 7.37. The number of aromatic nitrogens is 2. The molecule has 0 bridgehead atoms. The Morgan fingerprint density at radius 3 is 2.34 bits per heavy atom. The molecule has 10 heteroatoms. The van der Waals surface area contributed by atoms with Crippen molar-refractivity contribution in [3.63, 3.8) is 0 Å². The van der Waals surface area contributed by atoms with Gasteiger partial charge in [-0.1, -0.05) is 41.9 Å². The van der Waals surface area contributed by atoms with Crippen LogP contribution in [-0.4, -0.2) is 54.5 Å². The van der Waals surface area contributed by atoms with E-state index in [4.69, 9.17) is 11.6 Å². The van der Waals surface area contributed by atoms with Gasteiger partial charge >= 0.3 is 0 Å². The van der Waals surface area contributed by atoms with Crippen molar-refractivity contribution in [2.45, 2.75) is 11.8 Å². The lowest BCUT2D eigenvalue weighted by Gasteiger charge is -2.35. The zero-order valence-electron chi connectivity index (χ0n) is 17.3. The lowest BCUT2D eigenvalue weighted by Crippen LogP contribution is -2.49. The molecule has 166 valence electrons. The van der Waals surface area contributed by atoms with Crippen LogP contribution < -0.4 is 10.5 Å². The number of Topliss-reactive ketones (excluding diaryl/α,β-unsaturated/α-hetero) is 1. The summed E-state index contributed by atoms with van der Waals surface area (Å²) in [7, 11) is -3.74. The SMILES string of the molecule is CC(=O)c1cccc(S(=O)(=O)N2CCN(c3cnn(-c4ccccc4)c(=O)c3Cl)CC2)c1. The molecule has 0 aliphatic carbocycles. The molecule has 2 aromatic carbocycles. The smallest absolute Gasteiger partial charge is 0.292 e. The number of hydrogen-bond acceptors (Lipinski definition) is 6. The van der Waals surface area contributed by atoms with Crippen LogP contribution in [0.15, 0.2) is 70.5 Å². The van der Waals surface area contributed by atoms with E-state index in [1.165, 1.54) is 34.2 Å². The molecule has 0 saturated carbocycles. The van der Waals surface area contributed by atoms with Crippen molar-refractivity contribution < 1.29 is 13.2 Å². The Morgan fingerprint density at radius 2 is 1.69 bits per heavy atom. The van der Waals surface area contributed by atoms with E-state index >= 15 is 0 Å². The van der Waals surface area contributed by atoms with Gasteiger partial charge in [-0.2, -0.15) is 14.1 Å². The summed E-state index contributed by atoms with van der Waals surface area (Å²) in [5.74, 6) is -0.195. The molecule has 32 heavy (non-hydrogen) atoms. The third-order valence-corrected chi connectivity index (χ3v) is 7.61. The van der Waals surface area contributed by atoms with Gasteiger partial charge in [0, 0.05) is 31.7 Å². The van der Waals surface area contributed by atoms with Crippen LogP contribution in [-0.2, 0) is 10.0 Å². The minimum atomic E-state index is -3.74. The largest absolute Gasteiger partial charge is 0.366 e. The summed E-state index contributed by atoms with van der Waals surface area (Å²) < 4.78 is 28.7. The van der Waals surface area contributed by atoms with Gasteiger partial charge in [0.2, 0.25) is 10.0 Å². The van der Waals surface area contributed by atoms with E-state index in [1.54, 1.807) is 36.4 Å². The summed E-state index contributed by atoms with van der Waals surface area (Å²) in [4.78, 5) is 26.3.